The number of benzene rings is 1. The summed E-state index contributed by atoms with van der Waals surface area (Å²) in [5.41, 5.74) is 2.57. The van der Waals surface area contributed by atoms with Gasteiger partial charge in [0.15, 0.2) is 17.2 Å². The molecule has 0 aromatic heterocycles. The standard InChI is InChI=1S/C30H39NO7/c1-8-9-15-10-16(13(2)3)17-11-28(6)12-29(7)20(14(4)5)24(34)19(27(31)37)25(35)30(29,38)26(36)21(28)23(33)18(17)22(15)32/h10,13-14,19-21,24,26,32,34,36,38H,11-12H2,1-7H3,(H2,31,37)/t19-,20+,21-,24?,26?,28-,29-,30+/m1/s1. The van der Waals surface area contributed by atoms with Crippen molar-refractivity contribution in [3.8, 4) is 17.6 Å². The Hall–Kier alpha value is -2.73. The average molecular weight is 526 g/mol. The van der Waals surface area contributed by atoms with E-state index in [9.17, 15) is 34.8 Å². The number of phenols is 1. The second kappa shape index (κ2) is 8.90. The van der Waals surface area contributed by atoms with Crippen LogP contribution in [0.5, 0.6) is 5.75 Å². The van der Waals surface area contributed by atoms with Crippen LogP contribution in [0.2, 0.25) is 0 Å². The molecular weight excluding hydrogens is 486 g/mol. The molecule has 38 heavy (non-hydrogen) atoms. The summed E-state index contributed by atoms with van der Waals surface area (Å²) >= 11 is 0. The van der Waals surface area contributed by atoms with Crippen LogP contribution >= 0.6 is 0 Å². The van der Waals surface area contributed by atoms with Gasteiger partial charge in [0.25, 0.3) is 0 Å². The molecule has 8 heteroatoms. The molecule has 4 rings (SSSR count). The van der Waals surface area contributed by atoms with E-state index in [1.54, 1.807) is 19.9 Å². The Morgan fingerprint density at radius 2 is 1.76 bits per heavy atom. The summed E-state index contributed by atoms with van der Waals surface area (Å²) < 4.78 is 0. The Bertz CT molecular complexity index is 1290. The van der Waals surface area contributed by atoms with Gasteiger partial charge in [-0.2, -0.15) is 0 Å². The predicted molar refractivity (Wildman–Crippen MR) is 140 cm³/mol. The van der Waals surface area contributed by atoms with Gasteiger partial charge in [-0.1, -0.05) is 47.5 Å². The largest absolute Gasteiger partial charge is 0.506 e. The molecule has 0 heterocycles. The molecule has 0 bridgehead atoms. The van der Waals surface area contributed by atoms with Crippen molar-refractivity contribution in [2.75, 3.05) is 0 Å². The predicted octanol–water partition coefficient (Wildman–Crippen LogP) is 2.07. The third-order valence-electron chi connectivity index (χ3n) is 9.70. The molecule has 2 saturated carbocycles. The fourth-order valence-corrected chi connectivity index (χ4v) is 8.37. The molecule has 0 radical (unpaired) electrons. The SMILES string of the molecule is CC#Cc1cc(C(C)C)c2c(c1O)C(=O)[C@@H]1C(O)[C@@]3(O)C(=O)[C@H](C(N)=O)C(O)[C@H](C(C)C)[C@@]3(C)C[C@@]1(C)C2. The molecule has 0 spiro atoms. The minimum atomic E-state index is -2.52. The van der Waals surface area contributed by atoms with E-state index in [-0.39, 0.29) is 29.6 Å². The molecule has 3 aliphatic carbocycles. The molecule has 6 N–H and O–H groups in total. The molecular formula is C30H39NO7. The summed E-state index contributed by atoms with van der Waals surface area (Å²) in [6, 6.07) is 1.80. The maximum atomic E-state index is 14.2. The summed E-state index contributed by atoms with van der Waals surface area (Å²) in [5.74, 6) is -1.44. The summed E-state index contributed by atoms with van der Waals surface area (Å²) in [7, 11) is 0. The number of amides is 1. The van der Waals surface area contributed by atoms with Crippen LogP contribution in [0.3, 0.4) is 0 Å². The molecule has 1 amide bonds. The highest BCUT2D eigenvalue weighted by Crippen LogP contribution is 2.66. The highest BCUT2D eigenvalue weighted by atomic mass is 16.4. The van der Waals surface area contributed by atoms with Crippen molar-refractivity contribution in [2.45, 2.75) is 85.0 Å². The smallest absolute Gasteiger partial charge is 0.230 e. The van der Waals surface area contributed by atoms with Gasteiger partial charge in [0, 0.05) is 5.41 Å². The Morgan fingerprint density at radius 3 is 2.26 bits per heavy atom. The topological polar surface area (TPSA) is 158 Å². The number of phenolic OH excluding ortho intramolecular Hbond substituents is 1. The zero-order chi connectivity index (χ0) is 28.7. The quantitative estimate of drug-likeness (QED) is 0.298. The van der Waals surface area contributed by atoms with Gasteiger partial charge in [-0.25, -0.2) is 0 Å². The first kappa shape index (κ1) is 28.3. The number of rotatable bonds is 3. The normalized spacial score (nSPS) is 38.3. The van der Waals surface area contributed by atoms with Crippen molar-refractivity contribution < 1.29 is 34.8 Å². The second-order valence-corrected chi connectivity index (χ2v) is 12.7. The van der Waals surface area contributed by atoms with Crippen molar-refractivity contribution in [3.63, 3.8) is 0 Å². The van der Waals surface area contributed by atoms with Crippen molar-refractivity contribution in [2.24, 2.45) is 40.2 Å². The van der Waals surface area contributed by atoms with Gasteiger partial charge in [0.1, 0.15) is 17.8 Å². The first-order valence-corrected chi connectivity index (χ1v) is 13.3. The zero-order valence-corrected chi connectivity index (χ0v) is 23.1. The molecule has 2 unspecified atom stereocenters. The minimum Gasteiger partial charge on any atom is -0.506 e. The van der Waals surface area contributed by atoms with Gasteiger partial charge < -0.3 is 26.2 Å². The van der Waals surface area contributed by atoms with E-state index in [4.69, 9.17) is 5.73 Å². The summed E-state index contributed by atoms with van der Waals surface area (Å²) in [5, 5.41) is 46.4. The van der Waals surface area contributed by atoms with E-state index in [0.717, 1.165) is 5.56 Å². The lowest BCUT2D eigenvalue weighted by Crippen LogP contribution is -2.79. The number of hydrogen-bond acceptors (Lipinski definition) is 7. The zero-order valence-electron chi connectivity index (χ0n) is 23.1. The van der Waals surface area contributed by atoms with E-state index in [0.29, 0.717) is 17.5 Å². The Labute approximate surface area is 223 Å². The van der Waals surface area contributed by atoms with E-state index in [2.05, 4.69) is 11.8 Å². The summed E-state index contributed by atoms with van der Waals surface area (Å²) in [4.78, 5) is 40.3. The van der Waals surface area contributed by atoms with Crippen molar-refractivity contribution in [3.05, 3.63) is 28.3 Å². The highest BCUT2D eigenvalue weighted by molar-refractivity contribution is 6.09. The first-order chi connectivity index (χ1) is 17.5. The molecule has 0 saturated heterocycles. The fourth-order valence-electron chi connectivity index (χ4n) is 8.37. The van der Waals surface area contributed by atoms with Crippen molar-refractivity contribution >= 4 is 17.5 Å². The Balaban J connectivity index is 2.01. The van der Waals surface area contributed by atoms with Crippen molar-refractivity contribution in [1.82, 2.24) is 0 Å². The van der Waals surface area contributed by atoms with Crippen LogP contribution in [0.4, 0.5) is 0 Å². The van der Waals surface area contributed by atoms with E-state index >= 15 is 0 Å². The van der Waals surface area contributed by atoms with Crippen molar-refractivity contribution in [1.29, 1.82) is 0 Å². The molecule has 8 nitrogen and oxygen atoms in total. The third kappa shape index (κ3) is 3.45. The monoisotopic (exact) mass is 525 g/mol. The number of nitrogens with two attached hydrogens (primary N) is 1. The third-order valence-corrected chi connectivity index (χ3v) is 9.70. The van der Waals surface area contributed by atoms with Crippen LogP contribution in [0.1, 0.15) is 87.9 Å². The van der Waals surface area contributed by atoms with E-state index in [1.165, 1.54) is 0 Å². The number of aromatic hydroxyl groups is 1. The van der Waals surface area contributed by atoms with E-state index in [1.807, 2.05) is 34.6 Å². The number of carbonyl (C=O) groups excluding carboxylic acids is 3. The molecule has 0 aliphatic heterocycles. The number of ketones is 2. The number of hydrogen-bond donors (Lipinski definition) is 5. The minimum absolute atomic E-state index is 0.00792. The van der Waals surface area contributed by atoms with Crippen LogP contribution in [-0.4, -0.2) is 55.7 Å². The van der Waals surface area contributed by atoms with Gasteiger partial charge in [0.05, 0.1) is 23.1 Å². The molecule has 8 atom stereocenters. The first-order valence-electron chi connectivity index (χ1n) is 13.3. The maximum Gasteiger partial charge on any atom is 0.230 e. The van der Waals surface area contributed by atoms with Crippen LogP contribution in [0, 0.1) is 46.3 Å². The highest BCUT2D eigenvalue weighted by Gasteiger charge is 2.75. The molecule has 3 aliphatic rings. The van der Waals surface area contributed by atoms with Crippen LogP contribution in [-0.2, 0) is 16.0 Å². The summed E-state index contributed by atoms with van der Waals surface area (Å²) in [6.45, 7) is 12.7. The van der Waals surface area contributed by atoms with Gasteiger partial charge in [-0.05, 0) is 60.1 Å². The van der Waals surface area contributed by atoms with Crippen LogP contribution in [0.15, 0.2) is 6.07 Å². The van der Waals surface area contributed by atoms with Crippen LogP contribution < -0.4 is 5.73 Å². The van der Waals surface area contributed by atoms with Gasteiger partial charge >= 0.3 is 0 Å². The lowest BCUT2D eigenvalue weighted by Gasteiger charge is -2.66. The Kier molecular flexibility index (Phi) is 6.63. The summed E-state index contributed by atoms with van der Waals surface area (Å²) in [6.07, 6.45) is -2.92. The molecule has 1 aromatic carbocycles. The van der Waals surface area contributed by atoms with Gasteiger partial charge in [0.2, 0.25) is 5.91 Å². The fraction of sp³-hybridized carbons (Fsp3) is 0.633. The number of aliphatic hydroxyl groups excluding tert-OH is 2. The maximum absolute atomic E-state index is 14.2. The number of Topliss-reactive ketones (excluding diaryl/α,β-unsaturated/α-hetero) is 2. The lowest BCUT2D eigenvalue weighted by molar-refractivity contribution is -0.265. The molecule has 1 aromatic rings. The second-order valence-electron chi connectivity index (χ2n) is 12.7. The number of fused-ring (bicyclic) bond motifs is 3. The lowest BCUT2D eigenvalue weighted by atomic mass is 9.39. The molecule has 2 fully saturated rings. The van der Waals surface area contributed by atoms with E-state index < -0.39 is 63.9 Å². The van der Waals surface area contributed by atoms with Gasteiger partial charge in [-0.15, -0.1) is 5.92 Å². The van der Waals surface area contributed by atoms with Crippen LogP contribution in [0.25, 0.3) is 0 Å². The Morgan fingerprint density at radius 1 is 1.16 bits per heavy atom. The number of carbonyl (C=O) groups is 3. The average Bonchev–Trinajstić information content (AvgIpc) is 2.77. The van der Waals surface area contributed by atoms with Gasteiger partial charge in [-0.3, -0.25) is 14.4 Å². The number of aliphatic hydroxyl groups is 3. The molecule has 206 valence electrons. The number of primary amides is 1.